The maximum atomic E-state index is 6.42. The lowest BCUT2D eigenvalue weighted by Gasteiger charge is -2.32. The van der Waals surface area contributed by atoms with Crippen LogP contribution >= 0.6 is 0 Å². The SMILES string of the molecule is c1ccc([Si](c2ccccc2)(c2ccc3oc4ccccc4c3c2)c2nc(-n3c4ccccc4c4ccccc43)nc(-n3c4ccccc4n4c5ccccc5nc34)n2)cc1. The molecule has 0 amide bonds. The number of hydrogen-bond acceptors (Lipinski definition) is 5. The number of hydrogen-bond donors (Lipinski definition) is 0. The summed E-state index contributed by atoms with van der Waals surface area (Å²) >= 11 is 0. The molecule has 5 aromatic heterocycles. The highest BCUT2D eigenvalue weighted by molar-refractivity contribution is 7.19. The van der Waals surface area contributed by atoms with Crippen molar-refractivity contribution >= 4 is 101 Å². The first-order valence-electron chi connectivity index (χ1n) is 20.4. The molecule has 0 aliphatic heterocycles. The number of rotatable bonds is 6. The van der Waals surface area contributed by atoms with E-state index in [1.54, 1.807) is 0 Å². The van der Waals surface area contributed by atoms with Crippen LogP contribution in [0.3, 0.4) is 0 Å². The van der Waals surface area contributed by atoms with Crippen LogP contribution < -0.4 is 21.0 Å². The highest BCUT2D eigenvalue weighted by Crippen LogP contribution is 2.33. The van der Waals surface area contributed by atoms with Gasteiger partial charge in [-0.05, 0) is 64.1 Å². The average molecular weight is 800 g/mol. The zero-order chi connectivity index (χ0) is 40.1. The third kappa shape index (κ3) is 4.80. The van der Waals surface area contributed by atoms with E-state index < -0.39 is 8.07 Å². The predicted molar refractivity (Wildman–Crippen MR) is 248 cm³/mol. The Bertz CT molecular complexity index is 3750. The Morgan fingerprint density at radius 3 is 1.57 bits per heavy atom. The minimum atomic E-state index is -3.43. The topological polar surface area (TPSA) is 79.0 Å². The van der Waals surface area contributed by atoms with Crippen LogP contribution in [0.25, 0.3) is 83.5 Å². The molecule has 0 fully saturated rings. The van der Waals surface area contributed by atoms with Gasteiger partial charge >= 0.3 is 0 Å². The summed E-state index contributed by atoms with van der Waals surface area (Å²) in [6, 6.07) is 70.2. The fraction of sp³-hybridized carbons (Fsp3) is 0. The Hall–Kier alpha value is -8.14. The molecule has 0 aliphatic carbocycles. The van der Waals surface area contributed by atoms with Crippen molar-refractivity contribution in [2.24, 2.45) is 0 Å². The van der Waals surface area contributed by atoms with Crippen molar-refractivity contribution in [3.8, 4) is 11.9 Å². The third-order valence-electron chi connectivity index (χ3n) is 12.3. The van der Waals surface area contributed by atoms with Crippen LogP contribution in [0, 0.1) is 0 Å². The summed E-state index contributed by atoms with van der Waals surface area (Å²) in [7, 11) is -3.43. The zero-order valence-electron chi connectivity index (χ0n) is 32.6. The van der Waals surface area contributed by atoms with Crippen LogP contribution in [0.4, 0.5) is 0 Å². The second-order valence-corrected chi connectivity index (χ2v) is 19.2. The van der Waals surface area contributed by atoms with Gasteiger partial charge in [-0.25, -0.2) is 19.5 Å². The molecule has 8 nitrogen and oxygen atoms in total. The Kier molecular flexibility index (Phi) is 7.16. The van der Waals surface area contributed by atoms with Gasteiger partial charge in [-0.1, -0.05) is 152 Å². The second-order valence-electron chi connectivity index (χ2n) is 15.5. The number of benzene rings is 8. The Morgan fingerprint density at radius 1 is 0.361 bits per heavy atom. The zero-order valence-corrected chi connectivity index (χ0v) is 33.6. The maximum Gasteiger partial charge on any atom is 0.241 e. The van der Waals surface area contributed by atoms with E-state index in [1.807, 2.05) is 18.2 Å². The predicted octanol–water partition coefficient (Wildman–Crippen LogP) is 8.99. The van der Waals surface area contributed by atoms with E-state index in [-0.39, 0.29) is 0 Å². The van der Waals surface area contributed by atoms with Crippen LogP contribution in [0.15, 0.2) is 205 Å². The van der Waals surface area contributed by atoms with Gasteiger partial charge in [-0.2, -0.15) is 4.98 Å². The molecule has 0 aliphatic rings. The Balaban J connectivity index is 1.23. The highest BCUT2D eigenvalue weighted by Gasteiger charge is 2.46. The summed E-state index contributed by atoms with van der Waals surface area (Å²) in [6.45, 7) is 0. The number of para-hydroxylation sites is 7. The van der Waals surface area contributed by atoms with E-state index in [0.717, 1.165) is 87.1 Å². The van der Waals surface area contributed by atoms with E-state index in [2.05, 4.69) is 196 Å². The number of aromatic nitrogens is 7. The van der Waals surface area contributed by atoms with Crippen molar-refractivity contribution < 1.29 is 4.42 Å². The lowest BCUT2D eigenvalue weighted by atomic mass is 10.1. The molecule has 0 atom stereocenters. The highest BCUT2D eigenvalue weighted by atomic mass is 28.3. The molecule has 0 N–H and O–H groups in total. The quantitative estimate of drug-likeness (QED) is 0.124. The van der Waals surface area contributed by atoms with Gasteiger partial charge < -0.3 is 4.42 Å². The van der Waals surface area contributed by atoms with Crippen molar-refractivity contribution in [3.63, 3.8) is 0 Å². The van der Waals surface area contributed by atoms with Gasteiger partial charge in [0.1, 0.15) is 16.6 Å². The minimum absolute atomic E-state index is 0.488. The first-order chi connectivity index (χ1) is 30.3. The summed E-state index contributed by atoms with van der Waals surface area (Å²) < 4.78 is 12.9. The molecular weight excluding hydrogens is 767 g/mol. The summed E-state index contributed by atoms with van der Waals surface area (Å²) in [4.78, 5) is 22.3. The summed E-state index contributed by atoms with van der Waals surface area (Å²) in [6.07, 6.45) is 0. The molecule has 0 spiro atoms. The maximum absolute atomic E-state index is 6.42. The smallest absolute Gasteiger partial charge is 0.241 e. The van der Waals surface area contributed by atoms with E-state index >= 15 is 0 Å². The van der Waals surface area contributed by atoms with Crippen LogP contribution in [-0.2, 0) is 0 Å². The summed E-state index contributed by atoms with van der Waals surface area (Å²) in [5, 5.41) is 7.79. The Labute approximate surface area is 349 Å². The molecule has 9 heteroatoms. The monoisotopic (exact) mass is 799 g/mol. The van der Waals surface area contributed by atoms with Crippen molar-refractivity contribution in [2.75, 3.05) is 0 Å². The van der Waals surface area contributed by atoms with Gasteiger partial charge in [0.15, 0.2) is 0 Å². The molecule has 0 unspecified atom stereocenters. The molecule has 0 saturated carbocycles. The standard InChI is InChI=1S/C52H33N7OSi/c1-3-17-34(18-4-1)61(35-19-5-2-6-20-35,36-31-32-48-40(33-36)39-23-9-16-30-47(39)60-48)51-55-49(57-42-25-11-7-21-37(42)38-22-8-12-26-43(38)57)54-50(56-51)59-46-29-15-14-28-45(46)58-44-27-13-10-24-41(44)53-52(58)59/h1-33H. The first-order valence-corrected chi connectivity index (χ1v) is 22.4. The van der Waals surface area contributed by atoms with E-state index in [1.165, 1.54) is 0 Å². The van der Waals surface area contributed by atoms with Crippen molar-refractivity contribution in [3.05, 3.63) is 200 Å². The van der Waals surface area contributed by atoms with E-state index in [9.17, 15) is 0 Å². The fourth-order valence-electron chi connectivity index (χ4n) is 9.63. The Morgan fingerprint density at radius 2 is 0.885 bits per heavy atom. The summed E-state index contributed by atoms with van der Waals surface area (Å²) in [5.41, 5.74) is 8.28. The number of furan rings is 1. The normalized spacial score (nSPS) is 12.3. The van der Waals surface area contributed by atoms with Crippen molar-refractivity contribution in [1.29, 1.82) is 0 Å². The van der Waals surface area contributed by atoms with Crippen LogP contribution in [0.2, 0.25) is 0 Å². The molecule has 0 bridgehead atoms. The van der Waals surface area contributed by atoms with Crippen LogP contribution in [0.5, 0.6) is 0 Å². The van der Waals surface area contributed by atoms with Gasteiger partial charge in [-0.3, -0.25) is 8.97 Å². The second kappa shape index (κ2) is 12.9. The first kappa shape index (κ1) is 33.8. The largest absolute Gasteiger partial charge is 0.456 e. The van der Waals surface area contributed by atoms with Gasteiger partial charge in [0, 0.05) is 21.5 Å². The molecule has 13 rings (SSSR count). The molecule has 8 aromatic carbocycles. The lowest BCUT2D eigenvalue weighted by Crippen LogP contribution is -2.76. The molecule has 5 heterocycles. The van der Waals surface area contributed by atoms with E-state index in [0.29, 0.717) is 17.3 Å². The molecular formula is C52H33N7OSi. The molecule has 0 saturated heterocycles. The van der Waals surface area contributed by atoms with Gasteiger partial charge in [-0.15, -0.1) is 0 Å². The number of imidazole rings is 2. The van der Waals surface area contributed by atoms with Crippen molar-refractivity contribution in [2.45, 2.75) is 0 Å². The molecule has 0 radical (unpaired) electrons. The summed E-state index contributed by atoms with van der Waals surface area (Å²) in [5.74, 6) is 1.75. The average Bonchev–Trinajstić information content (AvgIpc) is 4.07. The fourth-order valence-corrected chi connectivity index (χ4v) is 14.0. The van der Waals surface area contributed by atoms with Gasteiger partial charge in [0.05, 0.1) is 33.1 Å². The number of nitrogens with zero attached hydrogens (tertiary/aromatic N) is 7. The lowest BCUT2D eigenvalue weighted by molar-refractivity contribution is 0.669. The van der Waals surface area contributed by atoms with Crippen LogP contribution in [0.1, 0.15) is 0 Å². The van der Waals surface area contributed by atoms with Crippen LogP contribution in [-0.4, -0.2) is 41.5 Å². The van der Waals surface area contributed by atoms with E-state index in [4.69, 9.17) is 24.4 Å². The minimum Gasteiger partial charge on any atom is -0.456 e. The molecule has 286 valence electrons. The number of fused-ring (bicyclic) bond motifs is 11. The van der Waals surface area contributed by atoms with Gasteiger partial charge in [0.25, 0.3) is 0 Å². The molecule has 61 heavy (non-hydrogen) atoms. The molecule has 13 aromatic rings. The van der Waals surface area contributed by atoms with Crippen molar-refractivity contribution in [1.82, 2.24) is 33.5 Å². The van der Waals surface area contributed by atoms with Gasteiger partial charge in [0.2, 0.25) is 25.7 Å². The third-order valence-corrected chi connectivity index (χ3v) is 16.7.